The molecule has 0 saturated heterocycles. The highest BCUT2D eigenvalue weighted by molar-refractivity contribution is 7.13. The molecule has 112 valence electrons. The number of pyridine rings is 1. The first-order valence-electron chi connectivity index (χ1n) is 6.56. The van der Waals surface area contributed by atoms with Gasteiger partial charge in [0.25, 0.3) is 0 Å². The molecule has 0 saturated carbocycles. The number of carbonyl (C=O) groups is 1. The third-order valence-electron chi connectivity index (χ3n) is 2.99. The maximum atomic E-state index is 12.0. The number of carbonyl (C=O) groups excluding carboxylic acids is 1. The van der Waals surface area contributed by atoms with E-state index in [0.29, 0.717) is 17.1 Å². The minimum atomic E-state index is -0.185. The van der Waals surface area contributed by atoms with E-state index >= 15 is 0 Å². The molecule has 3 aromatic rings. The van der Waals surface area contributed by atoms with Gasteiger partial charge in [-0.15, -0.1) is 11.3 Å². The summed E-state index contributed by atoms with van der Waals surface area (Å²) < 4.78 is 6.68. The second kappa shape index (κ2) is 5.98. The molecule has 0 fully saturated rings. The van der Waals surface area contributed by atoms with Gasteiger partial charge in [0.05, 0.1) is 24.1 Å². The molecule has 6 nitrogen and oxygen atoms in total. The first-order valence-corrected chi connectivity index (χ1v) is 7.44. The molecule has 7 heteroatoms. The molecule has 0 aromatic carbocycles. The zero-order valence-electron chi connectivity index (χ0n) is 11.8. The molecule has 1 N–H and O–H groups in total. The van der Waals surface area contributed by atoms with Crippen molar-refractivity contribution in [3.05, 3.63) is 58.2 Å². The minimum absolute atomic E-state index is 0.124. The Bertz CT molecular complexity index is 849. The Labute approximate surface area is 130 Å². The van der Waals surface area contributed by atoms with Gasteiger partial charge in [-0.05, 0) is 18.2 Å². The number of aryl methyl sites for hydroxylation is 1. The van der Waals surface area contributed by atoms with E-state index in [0.717, 1.165) is 5.01 Å². The third kappa shape index (κ3) is 3.15. The quantitative estimate of drug-likeness (QED) is 0.801. The zero-order valence-corrected chi connectivity index (χ0v) is 12.6. The van der Waals surface area contributed by atoms with Crippen LogP contribution < -0.4 is 10.9 Å². The van der Waals surface area contributed by atoms with Crippen LogP contribution in [0.2, 0.25) is 0 Å². The van der Waals surface area contributed by atoms with Crippen LogP contribution in [0, 0.1) is 0 Å². The summed E-state index contributed by atoms with van der Waals surface area (Å²) in [5.41, 5.74) is 1.13. The predicted octanol–water partition coefficient (Wildman–Crippen LogP) is 2.28. The van der Waals surface area contributed by atoms with E-state index in [2.05, 4.69) is 10.3 Å². The fourth-order valence-electron chi connectivity index (χ4n) is 1.94. The summed E-state index contributed by atoms with van der Waals surface area (Å²) in [6.45, 7) is 0. The average molecular weight is 315 g/mol. The Balaban J connectivity index is 1.67. The summed E-state index contributed by atoms with van der Waals surface area (Å²) in [5, 5.41) is 5.32. The van der Waals surface area contributed by atoms with Crippen molar-refractivity contribution >= 4 is 22.9 Å². The Morgan fingerprint density at radius 1 is 1.41 bits per heavy atom. The highest BCUT2D eigenvalue weighted by atomic mass is 32.1. The second-order valence-corrected chi connectivity index (χ2v) is 5.57. The van der Waals surface area contributed by atoms with Crippen molar-refractivity contribution in [3.63, 3.8) is 0 Å². The second-order valence-electron chi connectivity index (χ2n) is 4.71. The number of hydrogen-bond donors (Lipinski definition) is 1. The molecule has 0 radical (unpaired) electrons. The van der Waals surface area contributed by atoms with E-state index in [4.69, 9.17) is 4.42 Å². The molecule has 1 amide bonds. The molecular weight excluding hydrogens is 302 g/mol. The Morgan fingerprint density at radius 3 is 3.00 bits per heavy atom. The van der Waals surface area contributed by atoms with Crippen molar-refractivity contribution in [2.24, 2.45) is 7.05 Å². The number of furan rings is 1. The van der Waals surface area contributed by atoms with Gasteiger partial charge in [-0.1, -0.05) is 0 Å². The smallest absolute Gasteiger partial charge is 0.250 e. The molecule has 0 bridgehead atoms. The van der Waals surface area contributed by atoms with Gasteiger partial charge in [0.2, 0.25) is 11.5 Å². The topological polar surface area (TPSA) is 77.1 Å². The maximum absolute atomic E-state index is 12.0. The van der Waals surface area contributed by atoms with Gasteiger partial charge in [0.15, 0.2) is 10.8 Å². The van der Waals surface area contributed by atoms with Crippen LogP contribution in [0.1, 0.15) is 5.69 Å². The molecule has 0 atom stereocenters. The minimum Gasteiger partial charge on any atom is -0.462 e. The average Bonchev–Trinajstić information content (AvgIpc) is 3.13. The van der Waals surface area contributed by atoms with Gasteiger partial charge >= 0.3 is 0 Å². The van der Waals surface area contributed by atoms with Gasteiger partial charge < -0.3 is 14.3 Å². The normalized spacial score (nSPS) is 10.6. The number of aromatic nitrogens is 2. The lowest BCUT2D eigenvalue weighted by molar-refractivity contribution is -0.115. The predicted molar refractivity (Wildman–Crippen MR) is 83.8 cm³/mol. The number of thiazole rings is 1. The summed E-state index contributed by atoms with van der Waals surface area (Å²) in [6.07, 6.45) is 3.33. The molecule has 0 aliphatic heterocycles. The molecule has 3 rings (SSSR count). The number of amides is 1. The Hall–Kier alpha value is -2.67. The summed E-state index contributed by atoms with van der Waals surface area (Å²) in [4.78, 5) is 27.7. The number of nitrogens with zero attached hydrogens (tertiary/aromatic N) is 2. The van der Waals surface area contributed by atoms with Crippen molar-refractivity contribution in [1.82, 2.24) is 9.55 Å². The van der Waals surface area contributed by atoms with Gasteiger partial charge in [0.1, 0.15) is 0 Å². The zero-order chi connectivity index (χ0) is 15.5. The summed E-state index contributed by atoms with van der Waals surface area (Å²) >= 11 is 1.43. The number of rotatable bonds is 4. The van der Waals surface area contributed by atoms with Crippen LogP contribution in [-0.4, -0.2) is 15.5 Å². The van der Waals surface area contributed by atoms with Crippen LogP contribution in [0.25, 0.3) is 10.8 Å². The number of hydrogen-bond acceptors (Lipinski definition) is 5. The number of anilines is 1. The maximum Gasteiger partial charge on any atom is 0.250 e. The largest absolute Gasteiger partial charge is 0.462 e. The standard InChI is InChI=1S/C15H13N3O3S/c1-18-8-10(4-5-14(18)20)16-13(19)7-11-9-22-15(17-11)12-3-2-6-21-12/h2-6,8-9H,7H2,1H3,(H,16,19). The Kier molecular flexibility index (Phi) is 3.88. The highest BCUT2D eigenvalue weighted by Crippen LogP contribution is 2.24. The van der Waals surface area contributed by atoms with Crippen LogP contribution in [-0.2, 0) is 18.3 Å². The first-order chi connectivity index (χ1) is 10.6. The van der Waals surface area contributed by atoms with Crippen LogP contribution in [0.3, 0.4) is 0 Å². The molecule has 0 aliphatic rings. The monoisotopic (exact) mass is 315 g/mol. The van der Waals surface area contributed by atoms with Crippen molar-refractivity contribution in [1.29, 1.82) is 0 Å². The molecule has 0 spiro atoms. The highest BCUT2D eigenvalue weighted by Gasteiger charge is 2.11. The van der Waals surface area contributed by atoms with Crippen molar-refractivity contribution in [2.75, 3.05) is 5.32 Å². The molecule has 3 heterocycles. The van der Waals surface area contributed by atoms with E-state index in [1.54, 1.807) is 31.6 Å². The van der Waals surface area contributed by atoms with Gasteiger partial charge in [-0.25, -0.2) is 4.98 Å². The number of nitrogens with one attached hydrogen (secondary N) is 1. The first kappa shape index (κ1) is 14.3. The third-order valence-corrected chi connectivity index (χ3v) is 3.90. The van der Waals surface area contributed by atoms with Crippen LogP contribution in [0.15, 0.2) is 51.3 Å². The van der Waals surface area contributed by atoms with Gasteiger partial charge in [0, 0.05) is 24.7 Å². The SMILES string of the molecule is Cn1cc(NC(=O)Cc2csc(-c3ccco3)n2)ccc1=O. The molecule has 0 aliphatic carbocycles. The van der Waals surface area contributed by atoms with Crippen molar-refractivity contribution in [2.45, 2.75) is 6.42 Å². The van der Waals surface area contributed by atoms with E-state index in [9.17, 15) is 9.59 Å². The fourth-order valence-corrected chi connectivity index (χ4v) is 2.73. The fraction of sp³-hybridized carbons (Fsp3) is 0.133. The molecule has 22 heavy (non-hydrogen) atoms. The summed E-state index contributed by atoms with van der Waals surface area (Å²) in [6, 6.07) is 6.61. The van der Waals surface area contributed by atoms with Crippen molar-refractivity contribution in [3.8, 4) is 10.8 Å². The van der Waals surface area contributed by atoms with Crippen LogP contribution >= 0.6 is 11.3 Å². The molecule has 0 unspecified atom stereocenters. The van der Waals surface area contributed by atoms with Gasteiger partial charge in [-0.2, -0.15) is 0 Å². The lowest BCUT2D eigenvalue weighted by Crippen LogP contribution is -2.19. The lowest BCUT2D eigenvalue weighted by Gasteiger charge is -2.05. The van der Waals surface area contributed by atoms with Gasteiger partial charge in [-0.3, -0.25) is 9.59 Å². The van der Waals surface area contributed by atoms with E-state index in [1.165, 1.54) is 22.0 Å². The van der Waals surface area contributed by atoms with E-state index < -0.39 is 0 Å². The molecule has 3 aromatic heterocycles. The summed E-state index contributed by atoms with van der Waals surface area (Å²) in [7, 11) is 1.63. The van der Waals surface area contributed by atoms with E-state index in [1.807, 2.05) is 11.4 Å². The summed E-state index contributed by atoms with van der Waals surface area (Å²) in [5.74, 6) is 0.504. The van der Waals surface area contributed by atoms with Crippen molar-refractivity contribution < 1.29 is 9.21 Å². The van der Waals surface area contributed by atoms with Crippen LogP contribution in [0.4, 0.5) is 5.69 Å². The molecular formula is C15H13N3O3S. The Morgan fingerprint density at radius 2 is 2.27 bits per heavy atom. The van der Waals surface area contributed by atoms with Crippen LogP contribution in [0.5, 0.6) is 0 Å². The van der Waals surface area contributed by atoms with E-state index in [-0.39, 0.29) is 17.9 Å². The lowest BCUT2D eigenvalue weighted by atomic mass is 10.3.